The molecule has 0 aliphatic carbocycles. The number of Topliss-reactive ketones (excluding diaryl/α,β-unsaturated/α-hetero) is 1. The molecule has 0 bridgehead atoms. The van der Waals surface area contributed by atoms with E-state index >= 15 is 0 Å². The predicted molar refractivity (Wildman–Crippen MR) is 42.4 cm³/mol. The van der Waals surface area contributed by atoms with Crippen LogP contribution in [0.15, 0.2) is 10.8 Å². The van der Waals surface area contributed by atoms with E-state index in [1.807, 2.05) is 0 Å². The van der Waals surface area contributed by atoms with E-state index in [0.29, 0.717) is 5.69 Å². The van der Waals surface area contributed by atoms with Gasteiger partial charge in [-0.05, 0) is 6.92 Å². The molecule has 0 saturated carbocycles. The Bertz CT molecular complexity index is 329. The maximum atomic E-state index is 11.2. The molecular formula is C8H9NO4. The first kappa shape index (κ1) is 9.44. The van der Waals surface area contributed by atoms with Crippen LogP contribution in [0.3, 0.4) is 0 Å². The summed E-state index contributed by atoms with van der Waals surface area (Å²) in [5.74, 6) is -1.16. The number of hydrogen-bond acceptors (Lipinski definition) is 4. The molecule has 70 valence electrons. The molecule has 5 nitrogen and oxygen atoms in total. The van der Waals surface area contributed by atoms with Crippen LogP contribution in [0, 0.1) is 6.92 Å². The summed E-state index contributed by atoms with van der Waals surface area (Å²) in [6.07, 6.45) is 0.938. The van der Waals surface area contributed by atoms with Gasteiger partial charge in [-0.25, -0.2) is 4.98 Å². The third-order valence-corrected chi connectivity index (χ3v) is 1.56. The maximum absolute atomic E-state index is 11.2. The van der Waals surface area contributed by atoms with E-state index < -0.39 is 5.97 Å². The average molecular weight is 183 g/mol. The van der Waals surface area contributed by atoms with Crippen molar-refractivity contribution >= 4 is 11.8 Å². The van der Waals surface area contributed by atoms with Gasteiger partial charge in [0.2, 0.25) is 5.78 Å². The Morgan fingerprint density at radius 3 is 2.69 bits per heavy atom. The van der Waals surface area contributed by atoms with Gasteiger partial charge in [-0.1, -0.05) is 0 Å². The van der Waals surface area contributed by atoms with Crippen LogP contribution in [0.25, 0.3) is 0 Å². The van der Waals surface area contributed by atoms with Gasteiger partial charge in [0.15, 0.2) is 12.2 Å². The molecule has 0 spiro atoms. The number of carboxylic acids is 1. The minimum absolute atomic E-state index is 0.0502. The van der Waals surface area contributed by atoms with E-state index in [0.717, 1.165) is 0 Å². The van der Waals surface area contributed by atoms with Crippen molar-refractivity contribution < 1.29 is 19.1 Å². The van der Waals surface area contributed by atoms with E-state index in [9.17, 15) is 9.59 Å². The zero-order valence-electron chi connectivity index (χ0n) is 7.11. The van der Waals surface area contributed by atoms with Crippen molar-refractivity contribution in [3.05, 3.63) is 17.8 Å². The number of carbonyl (C=O) groups excluding carboxylic acids is 1. The number of ketones is 1. The van der Waals surface area contributed by atoms with E-state index in [1.54, 1.807) is 6.92 Å². The Morgan fingerprint density at radius 1 is 1.54 bits per heavy atom. The highest BCUT2D eigenvalue weighted by Crippen LogP contribution is 2.09. The molecule has 1 N–H and O–H groups in total. The fourth-order valence-corrected chi connectivity index (χ4v) is 0.904. The number of hydrogen-bond donors (Lipinski definition) is 1. The van der Waals surface area contributed by atoms with Gasteiger partial charge in [-0.15, -0.1) is 0 Å². The number of aromatic nitrogens is 1. The molecule has 0 amide bonds. The molecule has 0 unspecified atom stereocenters. The van der Waals surface area contributed by atoms with Crippen LogP contribution in [-0.4, -0.2) is 21.8 Å². The molecule has 1 heterocycles. The van der Waals surface area contributed by atoms with E-state index in [4.69, 9.17) is 9.52 Å². The summed E-state index contributed by atoms with van der Waals surface area (Å²) >= 11 is 0. The largest absolute Gasteiger partial charge is 0.481 e. The summed E-state index contributed by atoms with van der Waals surface area (Å²) in [5.41, 5.74) is 0.496. The Labute approximate surface area is 74.4 Å². The monoisotopic (exact) mass is 183 g/mol. The number of nitrogens with zero attached hydrogens (tertiary/aromatic N) is 1. The number of carboxylic acid groups (broad SMARTS) is 1. The molecule has 0 atom stereocenters. The van der Waals surface area contributed by atoms with Gasteiger partial charge in [0, 0.05) is 6.42 Å². The lowest BCUT2D eigenvalue weighted by Crippen LogP contribution is -2.04. The first-order valence-corrected chi connectivity index (χ1v) is 3.76. The van der Waals surface area contributed by atoms with Gasteiger partial charge in [0.05, 0.1) is 12.1 Å². The van der Waals surface area contributed by atoms with Crippen LogP contribution in [0.2, 0.25) is 0 Å². The second-order valence-electron chi connectivity index (χ2n) is 2.58. The fraction of sp³-hybridized carbons (Fsp3) is 0.375. The SMILES string of the molecule is Cc1ncoc1C(=O)CCC(=O)O. The van der Waals surface area contributed by atoms with Crippen molar-refractivity contribution in [1.29, 1.82) is 0 Å². The van der Waals surface area contributed by atoms with Crippen LogP contribution in [-0.2, 0) is 4.79 Å². The molecule has 0 radical (unpaired) electrons. The molecule has 0 fully saturated rings. The standard InChI is InChI=1S/C8H9NO4/c1-5-8(13-4-9-5)6(10)2-3-7(11)12/h4H,2-3H2,1H3,(H,11,12). The highest BCUT2D eigenvalue weighted by molar-refractivity contribution is 5.95. The Balaban J connectivity index is 2.59. The predicted octanol–water partition coefficient (Wildman–Crippen LogP) is 1.03. The van der Waals surface area contributed by atoms with Crippen molar-refractivity contribution in [2.75, 3.05) is 0 Å². The van der Waals surface area contributed by atoms with Gasteiger partial charge in [0.1, 0.15) is 0 Å². The number of aryl methyl sites for hydroxylation is 1. The minimum Gasteiger partial charge on any atom is -0.481 e. The zero-order chi connectivity index (χ0) is 9.84. The van der Waals surface area contributed by atoms with Crippen LogP contribution >= 0.6 is 0 Å². The van der Waals surface area contributed by atoms with Crippen LogP contribution in [0.4, 0.5) is 0 Å². The number of aliphatic carboxylic acids is 1. The van der Waals surface area contributed by atoms with Gasteiger partial charge in [-0.2, -0.15) is 0 Å². The molecule has 0 saturated heterocycles. The summed E-state index contributed by atoms with van der Waals surface area (Å²) in [5, 5.41) is 8.33. The minimum atomic E-state index is -0.995. The molecule has 0 aromatic carbocycles. The topological polar surface area (TPSA) is 80.4 Å². The van der Waals surface area contributed by atoms with Crippen LogP contribution in [0.1, 0.15) is 29.1 Å². The fourth-order valence-electron chi connectivity index (χ4n) is 0.904. The van der Waals surface area contributed by atoms with Gasteiger partial charge >= 0.3 is 5.97 Å². The van der Waals surface area contributed by atoms with E-state index in [1.165, 1.54) is 6.39 Å². The van der Waals surface area contributed by atoms with Crippen molar-refractivity contribution in [2.45, 2.75) is 19.8 Å². The maximum Gasteiger partial charge on any atom is 0.303 e. The molecule has 0 aliphatic heterocycles. The number of carbonyl (C=O) groups is 2. The molecular weight excluding hydrogens is 174 g/mol. The number of rotatable bonds is 4. The second-order valence-corrected chi connectivity index (χ2v) is 2.58. The van der Waals surface area contributed by atoms with E-state index in [-0.39, 0.29) is 24.4 Å². The lowest BCUT2D eigenvalue weighted by atomic mass is 10.1. The van der Waals surface area contributed by atoms with Gasteiger partial charge in [-0.3, -0.25) is 9.59 Å². The molecule has 1 aromatic heterocycles. The number of oxazole rings is 1. The quantitative estimate of drug-likeness (QED) is 0.705. The summed E-state index contributed by atoms with van der Waals surface area (Å²) in [7, 11) is 0. The molecule has 5 heteroatoms. The Hall–Kier alpha value is -1.65. The smallest absolute Gasteiger partial charge is 0.303 e. The lowest BCUT2D eigenvalue weighted by molar-refractivity contribution is -0.136. The van der Waals surface area contributed by atoms with Crippen molar-refractivity contribution in [1.82, 2.24) is 4.98 Å². The zero-order valence-corrected chi connectivity index (χ0v) is 7.11. The third kappa shape index (κ3) is 2.40. The summed E-state index contributed by atoms with van der Waals surface area (Å²) in [4.78, 5) is 25.1. The second kappa shape index (κ2) is 3.84. The van der Waals surface area contributed by atoms with Gasteiger partial charge in [0.25, 0.3) is 0 Å². The first-order valence-electron chi connectivity index (χ1n) is 3.76. The molecule has 0 aliphatic rings. The first-order chi connectivity index (χ1) is 6.11. The van der Waals surface area contributed by atoms with Crippen molar-refractivity contribution in [2.24, 2.45) is 0 Å². The van der Waals surface area contributed by atoms with E-state index in [2.05, 4.69) is 4.98 Å². The molecule has 1 rings (SSSR count). The van der Waals surface area contributed by atoms with Gasteiger partial charge < -0.3 is 9.52 Å². The third-order valence-electron chi connectivity index (χ3n) is 1.56. The molecule has 1 aromatic rings. The summed E-state index contributed by atoms with van der Waals surface area (Å²) in [6, 6.07) is 0. The Morgan fingerprint density at radius 2 is 2.23 bits per heavy atom. The average Bonchev–Trinajstić information content (AvgIpc) is 2.47. The van der Waals surface area contributed by atoms with Crippen LogP contribution < -0.4 is 0 Å². The van der Waals surface area contributed by atoms with Crippen molar-refractivity contribution in [3.8, 4) is 0 Å². The highest BCUT2D eigenvalue weighted by Gasteiger charge is 2.14. The molecule has 13 heavy (non-hydrogen) atoms. The lowest BCUT2D eigenvalue weighted by Gasteiger charge is -1.94. The Kier molecular flexibility index (Phi) is 2.79. The summed E-state index contributed by atoms with van der Waals surface area (Å²) < 4.78 is 4.80. The van der Waals surface area contributed by atoms with Crippen molar-refractivity contribution in [3.63, 3.8) is 0 Å². The summed E-state index contributed by atoms with van der Waals surface area (Å²) in [6.45, 7) is 1.64. The normalized spacial score (nSPS) is 9.92. The highest BCUT2D eigenvalue weighted by atomic mass is 16.4. The van der Waals surface area contributed by atoms with Crippen LogP contribution in [0.5, 0.6) is 0 Å².